The lowest BCUT2D eigenvalue weighted by molar-refractivity contribution is -0.120. The van der Waals surface area contributed by atoms with E-state index in [1.54, 1.807) is 7.11 Å². The smallest absolute Gasteiger partial charge is 0.231 e. The molecule has 1 saturated heterocycles. The highest BCUT2D eigenvalue weighted by Gasteiger charge is 2.33. The summed E-state index contributed by atoms with van der Waals surface area (Å²) in [6, 6.07) is 9.32. The molecule has 0 radical (unpaired) electrons. The summed E-state index contributed by atoms with van der Waals surface area (Å²) in [4.78, 5) is 23.1. The van der Waals surface area contributed by atoms with Crippen LogP contribution in [0.5, 0.6) is 5.75 Å². The largest absolute Gasteiger partial charge is 0.497 e. The minimum absolute atomic E-state index is 0.0250. The van der Waals surface area contributed by atoms with Gasteiger partial charge in [-0.25, -0.2) is 9.97 Å². The molecule has 1 aliphatic heterocycles. The lowest BCUT2D eigenvalue weighted by Crippen LogP contribution is -2.52. The predicted octanol–water partition coefficient (Wildman–Crippen LogP) is 2.18. The molecule has 23 heavy (non-hydrogen) atoms. The molecule has 2 aromatic rings. The van der Waals surface area contributed by atoms with Crippen LogP contribution in [0.25, 0.3) is 0 Å². The zero-order chi connectivity index (χ0) is 16.4. The number of hydrogen-bond donors (Lipinski definition) is 1. The van der Waals surface area contributed by atoms with Crippen LogP contribution in [0.1, 0.15) is 11.5 Å². The van der Waals surface area contributed by atoms with Crippen LogP contribution in [0, 0.1) is 19.8 Å². The number of hydrogen-bond acceptors (Lipinski definition) is 5. The molecule has 0 unspecified atom stereocenters. The van der Waals surface area contributed by atoms with Gasteiger partial charge in [0, 0.05) is 36.6 Å². The maximum Gasteiger partial charge on any atom is 0.231 e. The lowest BCUT2D eigenvalue weighted by atomic mass is 9.99. The fraction of sp³-hybridized carbons (Fsp3) is 0.353. The van der Waals surface area contributed by atoms with Crippen molar-refractivity contribution >= 4 is 17.4 Å². The van der Waals surface area contributed by atoms with Crippen molar-refractivity contribution in [2.24, 2.45) is 5.92 Å². The molecule has 0 bridgehead atoms. The van der Waals surface area contributed by atoms with Crippen molar-refractivity contribution in [1.29, 1.82) is 0 Å². The highest BCUT2D eigenvalue weighted by molar-refractivity contribution is 5.94. The van der Waals surface area contributed by atoms with E-state index in [0.717, 1.165) is 28.8 Å². The number of benzene rings is 1. The van der Waals surface area contributed by atoms with Crippen molar-refractivity contribution in [3.8, 4) is 5.75 Å². The van der Waals surface area contributed by atoms with Gasteiger partial charge in [-0.2, -0.15) is 0 Å². The van der Waals surface area contributed by atoms with Crippen LogP contribution < -0.4 is 15.0 Å². The molecule has 0 saturated carbocycles. The van der Waals surface area contributed by atoms with Gasteiger partial charge in [0.15, 0.2) is 0 Å². The van der Waals surface area contributed by atoms with Gasteiger partial charge in [-0.05, 0) is 26.0 Å². The van der Waals surface area contributed by atoms with Crippen molar-refractivity contribution in [2.45, 2.75) is 13.8 Å². The van der Waals surface area contributed by atoms with Crippen molar-refractivity contribution in [3.05, 3.63) is 41.9 Å². The molecule has 1 aromatic carbocycles. The molecular weight excluding hydrogens is 292 g/mol. The summed E-state index contributed by atoms with van der Waals surface area (Å²) in [5.74, 6) is 2.36. The summed E-state index contributed by atoms with van der Waals surface area (Å²) in [5, 5.41) is 2.93. The van der Waals surface area contributed by atoms with Gasteiger partial charge in [0.2, 0.25) is 5.91 Å². The molecule has 2 heterocycles. The quantitative estimate of drug-likeness (QED) is 0.937. The minimum Gasteiger partial charge on any atom is -0.497 e. The summed E-state index contributed by atoms with van der Waals surface area (Å²) in [6.07, 6.45) is 0. The molecule has 0 atom stereocenters. The van der Waals surface area contributed by atoms with E-state index >= 15 is 0 Å². The van der Waals surface area contributed by atoms with E-state index in [4.69, 9.17) is 4.74 Å². The number of amides is 1. The molecule has 0 spiro atoms. The lowest BCUT2D eigenvalue weighted by Gasteiger charge is -2.39. The van der Waals surface area contributed by atoms with Gasteiger partial charge in [0.25, 0.3) is 0 Å². The van der Waals surface area contributed by atoms with Crippen molar-refractivity contribution in [2.75, 3.05) is 30.4 Å². The van der Waals surface area contributed by atoms with E-state index in [1.807, 2.05) is 44.2 Å². The first kappa shape index (κ1) is 15.3. The number of nitrogens with zero attached hydrogens (tertiary/aromatic N) is 3. The van der Waals surface area contributed by atoms with Gasteiger partial charge in [0.1, 0.15) is 17.4 Å². The van der Waals surface area contributed by atoms with E-state index in [2.05, 4.69) is 20.2 Å². The number of nitrogens with one attached hydrogen (secondary N) is 1. The molecule has 120 valence electrons. The summed E-state index contributed by atoms with van der Waals surface area (Å²) < 4.78 is 5.16. The Morgan fingerprint density at radius 2 is 2.04 bits per heavy atom. The van der Waals surface area contributed by atoms with Gasteiger partial charge in [0.05, 0.1) is 13.0 Å². The van der Waals surface area contributed by atoms with Crippen LogP contribution in [-0.4, -0.2) is 36.1 Å². The summed E-state index contributed by atoms with van der Waals surface area (Å²) in [7, 11) is 1.61. The van der Waals surface area contributed by atoms with E-state index in [1.165, 1.54) is 0 Å². The molecule has 6 heteroatoms. The maximum absolute atomic E-state index is 12.3. The first-order valence-electron chi connectivity index (χ1n) is 7.57. The maximum atomic E-state index is 12.3. The van der Waals surface area contributed by atoms with E-state index in [0.29, 0.717) is 13.1 Å². The van der Waals surface area contributed by atoms with Gasteiger partial charge in [-0.1, -0.05) is 6.07 Å². The van der Waals surface area contributed by atoms with Crippen molar-refractivity contribution in [3.63, 3.8) is 0 Å². The molecule has 0 aliphatic carbocycles. The number of anilines is 2. The van der Waals surface area contributed by atoms with Crippen molar-refractivity contribution < 1.29 is 9.53 Å². The Labute approximate surface area is 135 Å². The predicted molar refractivity (Wildman–Crippen MR) is 88.8 cm³/mol. The number of carbonyl (C=O) groups excluding carboxylic acids is 1. The number of ether oxygens (including phenoxy) is 1. The number of methoxy groups -OCH3 is 1. The highest BCUT2D eigenvalue weighted by atomic mass is 16.5. The van der Waals surface area contributed by atoms with Crippen LogP contribution in [0.3, 0.4) is 0 Å². The highest BCUT2D eigenvalue weighted by Crippen LogP contribution is 2.25. The van der Waals surface area contributed by atoms with Crippen LogP contribution in [-0.2, 0) is 4.79 Å². The average Bonchev–Trinajstić information content (AvgIpc) is 2.44. The fourth-order valence-electron chi connectivity index (χ4n) is 2.64. The second-order valence-corrected chi connectivity index (χ2v) is 5.74. The number of aromatic nitrogens is 2. The van der Waals surface area contributed by atoms with Crippen LogP contribution >= 0.6 is 0 Å². The molecule has 1 aromatic heterocycles. The number of rotatable bonds is 4. The Hall–Kier alpha value is -2.63. The Morgan fingerprint density at radius 1 is 1.26 bits per heavy atom. The van der Waals surface area contributed by atoms with Crippen molar-refractivity contribution in [1.82, 2.24) is 9.97 Å². The van der Waals surface area contributed by atoms with Gasteiger partial charge in [-0.3, -0.25) is 4.79 Å². The Bertz CT molecular complexity index is 706. The number of aryl methyl sites for hydroxylation is 2. The van der Waals surface area contributed by atoms with Gasteiger partial charge < -0.3 is 15.0 Å². The molecule has 3 rings (SSSR count). The third-order valence-electron chi connectivity index (χ3n) is 3.87. The molecular formula is C17H20N4O2. The van der Waals surface area contributed by atoms with E-state index in [9.17, 15) is 4.79 Å². The van der Waals surface area contributed by atoms with Crippen LogP contribution in [0.2, 0.25) is 0 Å². The van der Waals surface area contributed by atoms with E-state index in [-0.39, 0.29) is 11.8 Å². The van der Waals surface area contributed by atoms with Crippen LogP contribution in [0.15, 0.2) is 30.3 Å². The topological polar surface area (TPSA) is 67.3 Å². The van der Waals surface area contributed by atoms with Crippen LogP contribution in [0.4, 0.5) is 11.5 Å². The summed E-state index contributed by atoms with van der Waals surface area (Å²) >= 11 is 0. The Kier molecular flexibility index (Phi) is 4.14. The van der Waals surface area contributed by atoms with Gasteiger partial charge >= 0.3 is 0 Å². The number of carbonyl (C=O) groups is 1. The second-order valence-electron chi connectivity index (χ2n) is 5.74. The van der Waals surface area contributed by atoms with E-state index < -0.39 is 0 Å². The average molecular weight is 312 g/mol. The summed E-state index contributed by atoms with van der Waals surface area (Å²) in [6.45, 7) is 5.17. The first-order valence-corrected chi connectivity index (χ1v) is 7.57. The molecule has 1 aliphatic rings. The zero-order valence-corrected chi connectivity index (χ0v) is 13.5. The second kappa shape index (κ2) is 6.24. The Morgan fingerprint density at radius 3 is 2.74 bits per heavy atom. The van der Waals surface area contributed by atoms with Gasteiger partial charge in [-0.15, -0.1) is 0 Å². The summed E-state index contributed by atoms with van der Waals surface area (Å²) in [5.41, 5.74) is 1.69. The normalized spacial score (nSPS) is 14.3. The molecule has 1 amide bonds. The third kappa shape index (κ3) is 3.41. The zero-order valence-electron chi connectivity index (χ0n) is 13.5. The Balaban J connectivity index is 1.59. The fourth-order valence-corrected chi connectivity index (χ4v) is 2.64. The molecule has 1 fully saturated rings. The standard InChI is InChI=1S/C17H20N4O2/c1-11-7-16(19-12(2)18-11)21-9-13(10-21)17(22)20-14-5-4-6-15(8-14)23-3/h4-8,13H,9-10H2,1-3H3,(H,20,22). The monoisotopic (exact) mass is 312 g/mol. The SMILES string of the molecule is COc1cccc(NC(=O)C2CN(c3cc(C)nc(C)n3)C2)c1. The molecule has 6 nitrogen and oxygen atoms in total. The first-order chi connectivity index (χ1) is 11.0. The third-order valence-corrected chi connectivity index (χ3v) is 3.87. The minimum atomic E-state index is -0.0308. The molecule has 1 N–H and O–H groups in total.